The number of aryl methyl sites for hydroxylation is 1. The molecule has 44 heavy (non-hydrogen) atoms. The van der Waals surface area contributed by atoms with Gasteiger partial charge in [0.1, 0.15) is 24.0 Å². The van der Waals surface area contributed by atoms with Crippen LogP contribution in [0.1, 0.15) is 75.7 Å². The van der Waals surface area contributed by atoms with Gasteiger partial charge >= 0.3 is 5.97 Å². The lowest BCUT2D eigenvalue weighted by Gasteiger charge is -2.65. The average Bonchev–Trinajstić information content (AvgIpc) is 3.35. The van der Waals surface area contributed by atoms with Gasteiger partial charge < -0.3 is 29.8 Å². The van der Waals surface area contributed by atoms with E-state index < -0.39 is 29.4 Å². The summed E-state index contributed by atoms with van der Waals surface area (Å²) in [6.07, 6.45) is 14.1. The van der Waals surface area contributed by atoms with Crippen molar-refractivity contribution in [2.45, 2.75) is 83.3 Å². The molecule has 0 aromatic carbocycles. The van der Waals surface area contributed by atoms with Gasteiger partial charge in [-0.15, -0.1) is 0 Å². The molecule has 0 saturated heterocycles. The molecule has 2 aromatic rings. The number of nitrogens with one attached hydrogen (secondary N) is 3. The second-order valence-electron chi connectivity index (χ2n) is 13.7. The Hall–Kier alpha value is -4.22. The molecule has 12 nitrogen and oxygen atoms in total. The molecule has 12 heteroatoms. The number of imidazole rings is 1. The molecule has 2 heterocycles. The molecule has 4 aliphatic carbocycles. The van der Waals surface area contributed by atoms with Crippen LogP contribution in [0.4, 0.5) is 5.69 Å². The molecule has 4 bridgehead atoms. The summed E-state index contributed by atoms with van der Waals surface area (Å²) in [6.45, 7) is 4.52. The van der Waals surface area contributed by atoms with Gasteiger partial charge in [0, 0.05) is 24.9 Å². The van der Waals surface area contributed by atoms with Crippen molar-refractivity contribution in [3.8, 4) is 0 Å². The fourth-order valence-electron chi connectivity index (χ4n) is 8.64. The molecular formula is C32H42N6O6. The molecule has 0 spiro atoms. The number of aromatic nitrogens is 3. The highest BCUT2D eigenvalue weighted by Gasteiger charge is 2.60. The normalized spacial score (nSPS) is 27.6. The molecule has 236 valence electrons. The molecule has 2 aromatic heterocycles. The molecule has 3 amide bonds. The molecule has 2 unspecified atom stereocenters. The van der Waals surface area contributed by atoms with Crippen molar-refractivity contribution < 1.29 is 23.9 Å². The molecule has 0 aliphatic heterocycles. The third-order valence-corrected chi connectivity index (χ3v) is 9.37. The molecule has 0 radical (unpaired) electrons. The van der Waals surface area contributed by atoms with Gasteiger partial charge in [-0.2, -0.15) is 0 Å². The van der Waals surface area contributed by atoms with Crippen LogP contribution in [0.25, 0.3) is 0 Å². The highest BCUT2D eigenvalue weighted by molar-refractivity contribution is 6.00. The quantitative estimate of drug-likeness (QED) is 0.263. The maximum absolute atomic E-state index is 13.4. The smallest absolute Gasteiger partial charge is 0.330 e. The van der Waals surface area contributed by atoms with Gasteiger partial charge in [-0.05, 0) is 80.2 Å². The van der Waals surface area contributed by atoms with Crippen LogP contribution in [0.3, 0.4) is 0 Å². The molecular weight excluding hydrogens is 564 g/mol. The van der Waals surface area contributed by atoms with Crippen LogP contribution in [-0.2, 0) is 32.7 Å². The number of carbonyl (C=O) groups excluding carboxylic acids is 4. The molecule has 4 saturated carbocycles. The van der Waals surface area contributed by atoms with Crippen LogP contribution in [0.5, 0.6) is 0 Å². The Bertz CT molecular complexity index is 1520. The van der Waals surface area contributed by atoms with E-state index in [2.05, 4.69) is 39.5 Å². The molecule has 3 N–H and O–H groups in total. The minimum absolute atomic E-state index is 0.00925. The predicted octanol–water partition coefficient (Wildman–Crippen LogP) is 2.69. The van der Waals surface area contributed by atoms with Crippen LogP contribution in [0.2, 0.25) is 0 Å². The van der Waals surface area contributed by atoms with Crippen molar-refractivity contribution in [2.24, 2.45) is 23.8 Å². The predicted molar refractivity (Wildman–Crippen MR) is 162 cm³/mol. The van der Waals surface area contributed by atoms with Crippen molar-refractivity contribution in [1.29, 1.82) is 0 Å². The lowest BCUT2D eigenvalue weighted by atomic mass is 9.43. The van der Waals surface area contributed by atoms with Crippen LogP contribution in [-0.4, -0.2) is 56.5 Å². The number of carbonyl (C=O) groups is 4. The summed E-state index contributed by atoms with van der Waals surface area (Å²) in [4.78, 5) is 68.3. The summed E-state index contributed by atoms with van der Waals surface area (Å²) in [6, 6.07) is 2.03. The van der Waals surface area contributed by atoms with Crippen LogP contribution in [0.15, 0.2) is 47.8 Å². The third-order valence-electron chi connectivity index (χ3n) is 9.37. The number of allylic oxidation sites excluding steroid dienone is 1. The Morgan fingerprint density at radius 1 is 1.14 bits per heavy atom. The Morgan fingerprint density at radius 2 is 1.86 bits per heavy atom. The maximum Gasteiger partial charge on any atom is 0.330 e. The number of esters is 1. The second-order valence-corrected chi connectivity index (χ2v) is 13.7. The Labute approximate surface area is 256 Å². The molecule has 4 fully saturated rings. The summed E-state index contributed by atoms with van der Waals surface area (Å²) in [5.74, 6) is -1.27. The topological polar surface area (TPSA) is 153 Å². The van der Waals surface area contributed by atoms with E-state index >= 15 is 0 Å². The van der Waals surface area contributed by atoms with Gasteiger partial charge in [-0.25, -0.2) is 9.78 Å². The monoisotopic (exact) mass is 606 g/mol. The van der Waals surface area contributed by atoms with Crippen molar-refractivity contribution >= 4 is 29.4 Å². The number of rotatable bonds is 11. The minimum atomic E-state index is -1.03. The van der Waals surface area contributed by atoms with E-state index in [9.17, 15) is 24.0 Å². The Balaban J connectivity index is 1.26. The molecule has 4 aliphatic rings. The first-order valence-corrected chi connectivity index (χ1v) is 15.1. The van der Waals surface area contributed by atoms with E-state index in [0.29, 0.717) is 5.92 Å². The number of nitrogens with zero attached hydrogens (tertiary/aromatic N) is 3. The van der Waals surface area contributed by atoms with Gasteiger partial charge in [0.15, 0.2) is 0 Å². The second kappa shape index (κ2) is 12.0. The molecule has 6 rings (SSSR count). The van der Waals surface area contributed by atoms with E-state index in [-0.39, 0.29) is 53.0 Å². The summed E-state index contributed by atoms with van der Waals surface area (Å²) in [5, 5.41) is 8.65. The van der Waals surface area contributed by atoms with Crippen molar-refractivity contribution in [1.82, 2.24) is 24.8 Å². The van der Waals surface area contributed by atoms with Gasteiger partial charge in [0.25, 0.3) is 11.5 Å². The first-order valence-electron chi connectivity index (χ1n) is 15.1. The lowest BCUT2D eigenvalue weighted by molar-refractivity contribution is -0.140. The summed E-state index contributed by atoms with van der Waals surface area (Å²) in [5.41, 5.74) is -0.0480. The zero-order chi connectivity index (χ0) is 31.7. The van der Waals surface area contributed by atoms with Crippen LogP contribution >= 0.6 is 0 Å². The number of hydrogen-bond acceptors (Lipinski definition) is 7. The fraction of sp³-hybridized carbons (Fsp3) is 0.562. The maximum atomic E-state index is 13.4. The van der Waals surface area contributed by atoms with Crippen LogP contribution in [0, 0.1) is 16.7 Å². The zero-order valence-electron chi connectivity index (χ0n) is 25.9. The summed E-state index contributed by atoms with van der Waals surface area (Å²) < 4.78 is 7.40. The first kappa shape index (κ1) is 31.2. The fourth-order valence-corrected chi connectivity index (χ4v) is 8.64. The van der Waals surface area contributed by atoms with E-state index in [1.165, 1.54) is 66.4 Å². The number of amides is 3. The average molecular weight is 607 g/mol. The number of ether oxygens (including phenoxy) is 1. The third kappa shape index (κ3) is 6.79. The first-order chi connectivity index (χ1) is 20.8. The van der Waals surface area contributed by atoms with Crippen LogP contribution < -0.4 is 21.5 Å². The number of pyridine rings is 1. The van der Waals surface area contributed by atoms with Gasteiger partial charge in [0.05, 0.1) is 19.6 Å². The van der Waals surface area contributed by atoms with E-state index in [1.54, 1.807) is 19.2 Å². The Morgan fingerprint density at radius 3 is 2.50 bits per heavy atom. The summed E-state index contributed by atoms with van der Waals surface area (Å²) >= 11 is 0. The number of methoxy groups -OCH3 is 1. The lowest BCUT2D eigenvalue weighted by Crippen LogP contribution is -2.65. The SMILES string of the molecule is COC(=O)/C=C/CC[C@H](NC(=O)c1cncn1C)C(=O)Nc1cccn(CC(=O)NC23CC4CC(C)(CC(C)(C4)C2)C3)c1=O. The van der Waals surface area contributed by atoms with E-state index in [0.717, 1.165) is 19.3 Å². The minimum Gasteiger partial charge on any atom is -0.466 e. The number of anilines is 1. The van der Waals surface area contributed by atoms with Crippen molar-refractivity contribution in [3.63, 3.8) is 0 Å². The van der Waals surface area contributed by atoms with E-state index in [4.69, 9.17) is 0 Å². The summed E-state index contributed by atoms with van der Waals surface area (Å²) in [7, 11) is 2.92. The van der Waals surface area contributed by atoms with Gasteiger partial charge in [-0.1, -0.05) is 19.9 Å². The number of hydrogen-bond donors (Lipinski definition) is 3. The van der Waals surface area contributed by atoms with E-state index in [1.807, 2.05) is 0 Å². The highest BCUT2D eigenvalue weighted by atomic mass is 16.5. The largest absolute Gasteiger partial charge is 0.466 e. The molecule has 3 atom stereocenters. The highest BCUT2D eigenvalue weighted by Crippen LogP contribution is 2.66. The van der Waals surface area contributed by atoms with Crippen molar-refractivity contribution in [3.05, 3.63) is 59.1 Å². The zero-order valence-corrected chi connectivity index (χ0v) is 25.9. The van der Waals surface area contributed by atoms with Crippen molar-refractivity contribution in [2.75, 3.05) is 12.4 Å². The van der Waals surface area contributed by atoms with Gasteiger partial charge in [0.2, 0.25) is 11.8 Å². The van der Waals surface area contributed by atoms with Gasteiger partial charge in [-0.3, -0.25) is 19.2 Å². The Kier molecular flexibility index (Phi) is 8.55. The standard InChI is InChI=1S/C32H42N6O6/c1-30-12-21-13-31(2,17-30)19-32(14-21,18-30)36-25(39)16-38-11-7-9-23(29(38)43)35-27(41)22(8-5-6-10-26(40)44-4)34-28(42)24-15-33-20-37(24)3/h6-7,9-11,15,20-22H,5,8,12-14,16-19H2,1-4H3,(H,34,42)(H,35,41)(H,36,39)/b10-6+/t21?,22-,30?,31?,32?/m0/s1.